The van der Waals surface area contributed by atoms with E-state index in [0.717, 1.165) is 19.5 Å². The van der Waals surface area contributed by atoms with Crippen molar-refractivity contribution >= 4 is 12.1 Å². The van der Waals surface area contributed by atoms with Gasteiger partial charge in [0.1, 0.15) is 12.6 Å². The van der Waals surface area contributed by atoms with Crippen molar-refractivity contribution in [2.24, 2.45) is 0 Å². The van der Waals surface area contributed by atoms with Crippen LogP contribution >= 0.6 is 0 Å². The number of rotatable bonds is 4. The lowest BCUT2D eigenvalue weighted by molar-refractivity contribution is -0.135. The van der Waals surface area contributed by atoms with E-state index in [1.807, 2.05) is 0 Å². The molecule has 0 bridgehead atoms. The number of aliphatic carboxylic acids is 1. The number of nitrogens with zero attached hydrogens (tertiary/aromatic N) is 1. The Kier molecular flexibility index (Phi) is 4.54. The second kappa shape index (κ2) is 5.69. The molecule has 1 atom stereocenters. The van der Waals surface area contributed by atoms with Crippen molar-refractivity contribution in [2.45, 2.75) is 32.4 Å². The van der Waals surface area contributed by atoms with Gasteiger partial charge in [0.25, 0.3) is 0 Å². The summed E-state index contributed by atoms with van der Waals surface area (Å²) in [6.07, 6.45) is 0.0211. The van der Waals surface area contributed by atoms with Crippen LogP contribution in [0.3, 0.4) is 0 Å². The van der Waals surface area contributed by atoms with Crippen LogP contribution in [0, 0.1) is 0 Å². The van der Waals surface area contributed by atoms with E-state index in [9.17, 15) is 9.59 Å². The van der Waals surface area contributed by atoms with Crippen LogP contribution in [0.15, 0.2) is 0 Å². The van der Waals surface area contributed by atoms with Gasteiger partial charge in [-0.3, -0.25) is 9.69 Å². The largest absolute Gasteiger partial charge is 0.480 e. The van der Waals surface area contributed by atoms with E-state index < -0.39 is 18.6 Å². The summed E-state index contributed by atoms with van der Waals surface area (Å²) >= 11 is 0. The quantitative estimate of drug-likeness (QED) is 0.725. The van der Waals surface area contributed by atoms with Gasteiger partial charge in [-0.1, -0.05) is 0 Å². The average molecular weight is 230 g/mol. The lowest BCUT2D eigenvalue weighted by Gasteiger charge is -2.19. The number of carbonyl (C=O) groups excluding carboxylic acids is 1. The first-order valence-electron chi connectivity index (χ1n) is 5.39. The van der Waals surface area contributed by atoms with E-state index in [2.05, 4.69) is 24.1 Å². The zero-order chi connectivity index (χ0) is 12.1. The maximum atomic E-state index is 11.2. The fraction of sp³-hybridized carbons (Fsp3) is 0.800. The second-order valence-electron chi connectivity index (χ2n) is 4.15. The van der Waals surface area contributed by atoms with Gasteiger partial charge in [0.2, 0.25) is 0 Å². The normalized spacial score (nSPS) is 21.1. The molecule has 1 aliphatic rings. The smallest absolute Gasteiger partial charge is 0.407 e. The Morgan fingerprint density at radius 1 is 1.56 bits per heavy atom. The molecule has 1 heterocycles. The number of nitrogens with one attached hydrogen (secondary N) is 1. The van der Waals surface area contributed by atoms with Gasteiger partial charge < -0.3 is 15.2 Å². The van der Waals surface area contributed by atoms with Crippen molar-refractivity contribution in [1.82, 2.24) is 10.2 Å². The molecule has 0 aliphatic carbocycles. The Hall–Kier alpha value is -1.30. The van der Waals surface area contributed by atoms with Crippen LogP contribution < -0.4 is 5.32 Å². The van der Waals surface area contributed by atoms with Crippen LogP contribution in [0.2, 0.25) is 0 Å². The molecule has 6 nitrogen and oxygen atoms in total. The number of carboxylic acid groups (broad SMARTS) is 1. The van der Waals surface area contributed by atoms with Crippen LogP contribution in [0.25, 0.3) is 0 Å². The third-order valence-corrected chi connectivity index (χ3v) is 2.56. The van der Waals surface area contributed by atoms with Gasteiger partial charge in [-0.25, -0.2) is 4.79 Å². The third-order valence-electron chi connectivity index (χ3n) is 2.56. The monoisotopic (exact) mass is 230 g/mol. The van der Waals surface area contributed by atoms with E-state index in [4.69, 9.17) is 9.84 Å². The molecule has 0 aromatic heterocycles. The molecule has 0 saturated carbocycles. The average Bonchev–Trinajstić information content (AvgIpc) is 2.63. The standard InChI is InChI=1S/C10H18N2O4/c1-7(2)12-4-3-8(6-12)16-10(15)11-5-9(13)14/h7-8H,3-6H2,1-2H3,(H,11,15)(H,13,14). The van der Waals surface area contributed by atoms with Crippen LogP contribution in [-0.4, -0.2) is 53.8 Å². The highest BCUT2D eigenvalue weighted by molar-refractivity contribution is 5.76. The van der Waals surface area contributed by atoms with Crippen LogP contribution in [0.4, 0.5) is 4.79 Å². The summed E-state index contributed by atoms with van der Waals surface area (Å²) in [7, 11) is 0. The maximum Gasteiger partial charge on any atom is 0.407 e. The van der Waals surface area contributed by atoms with E-state index in [0.29, 0.717) is 6.04 Å². The molecule has 0 radical (unpaired) electrons. The van der Waals surface area contributed by atoms with Crippen LogP contribution in [-0.2, 0) is 9.53 Å². The first-order chi connectivity index (χ1) is 7.49. The molecule has 1 fully saturated rings. The molecule has 0 aromatic rings. The summed E-state index contributed by atoms with van der Waals surface area (Å²) < 4.78 is 5.09. The highest BCUT2D eigenvalue weighted by atomic mass is 16.6. The van der Waals surface area contributed by atoms with Crippen molar-refractivity contribution in [3.63, 3.8) is 0 Å². The Morgan fingerprint density at radius 3 is 2.75 bits per heavy atom. The molecule has 1 unspecified atom stereocenters. The first kappa shape index (κ1) is 12.8. The van der Waals surface area contributed by atoms with Crippen LogP contribution in [0.1, 0.15) is 20.3 Å². The Labute approximate surface area is 94.6 Å². The number of carboxylic acids is 1. The fourth-order valence-corrected chi connectivity index (χ4v) is 1.66. The van der Waals surface area contributed by atoms with E-state index in [1.54, 1.807) is 0 Å². The Balaban J connectivity index is 2.23. The number of hydrogen-bond donors (Lipinski definition) is 2. The van der Waals surface area contributed by atoms with Crippen molar-refractivity contribution in [1.29, 1.82) is 0 Å². The maximum absolute atomic E-state index is 11.2. The van der Waals surface area contributed by atoms with Crippen molar-refractivity contribution in [3.05, 3.63) is 0 Å². The summed E-state index contributed by atoms with van der Waals surface area (Å²) in [5.41, 5.74) is 0. The van der Waals surface area contributed by atoms with Crippen molar-refractivity contribution in [3.8, 4) is 0 Å². The molecule has 2 N–H and O–H groups in total. The molecular formula is C10H18N2O4. The minimum atomic E-state index is -1.08. The van der Waals surface area contributed by atoms with Crippen molar-refractivity contribution in [2.75, 3.05) is 19.6 Å². The zero-order valence-corrected chi connectivity index (χ0v) is 9.60. The SMILES string of the molecule is CC(C)N1CCC(OC(=O)NCC(=O)O)C1. The molecule has 1 saturated heterocycles. The van der Waals surface area contributed by atoms with E-state index in [1.165, 1.54) is 0 Å². The van der Waals surface area contributed by atoms with Gasteiger partial charge in [0.05, 0.1) is 0 Å². The molecule has 92 valence electrons. The summed E-state index contributed by atoms with van der Waals surface area (Å²) in [6.45, 7) is 5.41. The molecule has 1 rings (SSSR count). The molecule has 16 heavy (non-hydrogen) atoms. The summed E-state index contributed by atoms with van der Waals surface area (Å²) in [5, 5.41) is 10.5. The van der Waals surface area contributed by atoms with Gasteiger partial charge in [0, 0.05) is 19.1 Å². The second-order valence-corrected chi connectivity index (χ2v) is 4.15. The van der Waals surface area contributed by atoms with Gasteiger partial charge in [-0.2, -0.15) is 0 Å². The van der Waals surface area contributed by atoms with Gasteiger partial charge in [0.15, 0.2) is 0 Å². The number of amides is 1. The molecule has 0 aromatic carbocycles. The number of alkyl carbamates (subject to hydrolysis) is 1. The number of ether oxygens (including phenoxy) is 1. The number of hydrogen-bond acceptors (Lipinski definition) is 4. The fourth-order valence-electron chi connectivity index (χ4n) is 1.66. The molecule has 1 amide bonds. The topological polar surface area (TPSA) is 78.9 Å². The Bertz CT molecular complexity index is 268. The minimum absolute atomic E-state index is 0.129. The number of likely N-dealkylation sites (tertiary alicyclic amines) is 1. The zero-order valence-electron chi connectivity index (χ0n) is 9.60. The highest BCUT2D eigenvalue weighted by Crippen LogP contribution is 2.15. The molecule has 0 spiro atoms. The summed E-state index contributed by atoms with van der Waals surface area (Å²) in [4.78, 5) is 23.6. The van der Waals surface area contributed by atoms with Crippen LogP contribution in [0.5, 0.6) is 0 Å². The van der Waals surface area contributed by atoms with Gasteiger partial charge >= 0.3 is 12.1 Å². The molecule has 1 aliphatic heterocycles. The van der Waals surface area contributed by atoms with Crippen molar-refractivity contribution < 1.29 is 19.4 Å². The molecular weight excluding hydrogens is 212 g/mol. The predicted octanol–water partition coefficient (Wildman–Crippen LogP) is 0.280. The summed E-state index contributed by atoms with van der Waals surface area (Å²) in [6, 6.07) is 0.440. The lowest BCUT2D eigenvalue weighted by Crippen LogP contribution is -2.35. The van der Waals surface area contributed by atoms with Gasteiger partial charge in [-0.05, 0) is 20.3 Å². The predicted molar refractivity (Wildman–Crippen MR) is 57.2 cm³/mol. The Morgan fingerprint density at radius 2 is 2.25 bits per heavy atom. The minimum Gasteiger partial charge on any atom is -0.480 e. The molecule has 6 heteroatoms. The van der Waals surface area contributed by atoms with Gasteiger partial charge in [-0.15, -0.1) is 0 Å². The lowest BCUT2D eigenvalue weighted by atomic mass is 10.3. The first-order valence-corrected chi connectivity index (χ1v) is 5.39. The number of carbonyl (C=O) groups is 2. The third kappa shape index (κ3) is 4.06. The van der Waals surface area contributed by atoms with E-state index in [-0.39, 0.29) is 6.10 Å². The van der Waals surface area contributed by atoms with E-state index >= 15 is 0 Å². The highest BCUT2D eigenvalue weighted by Gasteiger charge is 2.26. The summed E-state index contributed by atoms with van der Waals surface area (Å²) in [5.74, 6) is -1.08.